The zero-order valence-corrected chi connectivity index (χ0v) is 13.1. The number of amides is 1. The highest BCUT2D eigenvalue weighted by molar-refractivity contribution is 5.92. The van der Waals surface area contributed by atoms with Crippen molar-refractivity contribution in [3.63, 3.8) is 0 Å². The molecule has 1 amide bonds. The number of nitrogens with zero attached hydrogens (tertiary/aromatic N) is 2. The van der Waals surface area contributed by atoms with Crippen molar-refractivity contribution in [2.24, 2.45) is 5.92 Å². The first-order chi connectivity index (χ1) is 10.1. The van der Waals surface area contributed by atoms with Gasteiger partial charge in [-0.2, -0.15) is 0 Å². The van der Waals surface area contributed by atoms with Crippen LogP contribution < -0.4 is 5.32 Å². The van der Waals surface area contributed by atoms with E-state index in [0.29, 0.717) is 5.82 Å². The zero-order valence-electron chi connectivity index (χ0n) is 13.1. The lowest BCUT2D eigenvalue weighted by Crippen LogP contribution is -2.38. The van der Waals surface area contributed by atoms with E-state index in [1.807, 2.05) is 26.2 Å². The Morgan fingerprint density at radius 3 is 3.05 bits per heavy atom. The van der Waals surface area contributed by atoms with Crippen LogP contribution in [-0.2, 0) is 16.1 Å². The third-order valence-corrected chi connectivity index (χ3v) is 3.75. The lowest BCUT2D eigenvalue weighted by atomic mass is 9.92. The van der Waals surface area contributed by atoms with Gasteiger partial charge in [0.05, 0.1) is 12.0 Å². The molecule has 0 bridgehead atoms. The summed E-state index contributed by atoms with van der Waals surface area (Å²) in [4.78, 5) is 18.8. The van der Waals surface area contributed by atoms with Crippen molar-refractivity contribution in [2.75, 3.05) is 26.0 Å². The summed E-state index contributed by atoms with van der Waals surface area (Å²) in [6.07, 6.45) is 4.48. The first-order valence-electron chi connectivity index (χ1n) is 7.62. The molecule has 2 heterocycles. The van der Waals surface area contributed by atoms with Crippen molar-refractivity contribution in [1.29, 1.82) is 0 Å². The Bertz CT molecular complexity index is 476. The maximum Gasteiger partial charge on any atom is 0.231 e. The number of hydrogen-bond acceptors (Lipinski definition) is 4. The van der Waals surface area contributed by atoms with E-state index >= 15 is 0 Å². The van der Waals surface area contributed by atoms with Crippen molar-refractivity contribution < 1.29 is 9.53 Å². The molecule has 1 aromatic rings. The number of ether oxygens (including phenoxy) is 1. The Morgan fingerprint density at radius 2 is 2.33 bits per heavy atom. The molecule has 0 radical (unpaired) electrons. The molecule has 5 nitrogen and oxygen atoms in total. The fourth-order valence-electron chi connectivity index (χ4n) is 2.77. The van der Waals surface area contributed by atoms with Gasteiger partial charge in [-0.1, -0.05) is 6.92 Å². The van der Waals surface area contributed by atoms with E-state index in [1.54, 1.807) is 6.20 Å². The summed E-state index contributed by atoms with van der Waals surface area (Å²) in [5, 5.41) is 2.94. The number of nitrogens with one attached hydrogen (secondary N) is 1. The van der Waals surface area contributed by atoms with Crippen LogP contribution in [0.5, 0.6) is 0 Å². The van der Waals surface area contributed by atoms with Crippen LogP contribution in [0.15, 0.2) is 18.3 Å². The summed E-state index contributed by atoms with van der Waals surface area (Å²) < 4.78 is 5.69. The molecular weight excluding hydrogens is 266 g/mol. The van der Waals surface area contributed by atoms with E-state index in [4.69, 9.17) is 4.74 Å². The van der Waals surface area contributed by atoms with Crippen LogP contribution in [-0.4, -0.2) is 42.6 Å². The Labute approximate surface area is 126 Å². The van der Waals surface area contributed by atoms with Gasteiger partial charge in [0.2, 0.25) is 5.91 Å². The first kappa shape index (κ1) is 15.9. The van der Waals surface area contributed by atoms with Gasteiger partial charge >= 0.3 is 0 Å². The quantitative estimate of drug-likeness (QED) is 0.904. The van der Waals surface area contributed by atoms with Gasteiger partial charge in [0.25, 0.3) is 0 Å². The molecule has 1 aliphatic rings. The third kappa shape index (κ3) is 4.51. The molecule has 0 unspecified atom stereocenters. The van der Waals surface area contributed by atoms with Crippen LogP contribution >= 0.6 is 0 Å². The smallest absolute Gasteiger partial charge is 0.231 e. The van der Waals surface area contributed by atoms with Crippen LogP contribution in [0.25, 0.3) is 0 Å². The molecule has 116 valence electrons. The molecule has 1 aromatic heterocycles. The molecule has 0 saturated carbocycles. The number of hydrogen-bond donors (Lipinski definition) is 1. The lowest BCUT2D eigenvalue weighted by molar-refractivity contribution is -0.129. The Balaban J connectivity index is 2.01. The highest BCUT2D eigenvalue weighted by Gasteiger charge is 2.30. The second-order valence-electron chi connectivity index (χ2n) is 5.84. The predicted molar refractivity (Wildman–Crippen MR) is 83.0 cm³/mol. The van der Waals surface area contributed by atoms with Crippen molar-refractivity contribution in [3.8, 4) is 0 Å². The molecule has 0 aliphatic carbocycles. The van der Waals surface area contributed by atoms with Crippen LogP contribution in [0.4, 0.5) is 5.82 Å². The molecule has 21 heavy (non-hydrogen) atoms. The van der Waals surface area contributed by atoms with Crippen molar-refractivity contribution in [1.82, 2.24) is 9.88 Å². The van der Waals surface area contributed by atoms with E-state index in [0.717, 1.165) is 38.0 Å². The number of anilines is 1. The van der Waals surface area contributed by atoms with Crippen LogP contribution in [0.2, 0.25) is 0 Å². The van der Waals surface area contributed by atoms with E-state index in [-0.39, 0.29) is 17.9 Å². The van der Waals surface area contributed by atoms with Gasteiger partial charge in [-0.05, 0) is 51.1 Å². The fourth-order valence-corrected chi connectivity index (χ4v) is 2.77. The number of rotatable bonds is 5. The fraction of sp³-hybridized carbons (Fsp3) is 0.625. The van der Waals surface area contributed by atoms with Gasteiger partial charge in [-0.25, -0.2) is 4.98 Å². The molecule has 1 saturated heterocycles. The van der Waals surface area contributed by atoms with E-state index in [1.165, 1.54) is 0 Å². The molecule has 0 spiro atoms. The summed E-state index contributed by atoms with van der Waals surface area (Å²) in [6, 6.07) is 3.90. The molecular formula is C16H25N3O2. The first-order valence-corrected chi connectivity index (χ1v) is 7.62. The third-order valence-electron chi connectivity index (χ3n) is 3.75. The molecule has 2 atom stereocenters. The minimum Gasteiger partial charge on any atom is -0.377 e. The minimum absolute atomic E-state index is 0.0241. The molecule has 1 N–H and O–H groups in total. The molecule has 1 aliphatic heterocycles. The standard InChI is InChI=1S/C16H25N3O2/c1-4-14-13(6-5-9-21-14)16(20)18-15-10-12(7-8-17-15)11-19(2)3/h7-8,10,13-14H,4-6,9,11H2,1-3H3,(H,17,18,20)/t13-,14-/m0/s1. The molecule has 5 heteroatoms. The SMILES string of the molecule is CC[C@@H]1OCCC[C@@H]1C(=O)Nc1cc(CN(C)C)ccn1. The Morgan fingerprint density at radius 1 is 1.52 bits per heavy atom. The molecule has 2 rings (SSSR count). The topological polar surface area (TPSA) is 54.5 Å². The summed E-state index contributed by atoms with van der Waals surface area (Å²) in [5.41, 5.74) is 1.14. The summed E-state index contributed by atoms with van der Waals surface area (Å²) in [7, 11) is 4.04. The maximum absolute atomic E-state index is 12.4. The zero-order chi connectivity index (χ0) is 15.2. The molecule has 0 aromatic carbocycles. The lowest BCUT2D eigenvalue weighted by Gasteiger charge is -2.29. The van der Waals surface area contributed by atoms with Crippen molar-refractivity contribution in [2.45, 2.75) is 38.8 Å². The van der Waals surface area contributed by atoms with Gasteiger partial charge in [0, 0.05) is 19.3 Å². The Hall–Kier alpha value is -1.46. The van der Waals surface area contributed by atoms with Gasteiger partial charge in [0.1, 0.15) is 5.82 Å². The number of pyridine rings is 1. The predicted octanol–water partition coefficient (Wildman–Crippen LogP) is 2.29. The second-order valence-corrected chi connectivity index (χ2v) is 5.84. The number of carbonyl (C=O) groups is 1. The van der Waals surface area contributed by atoms with Crippen LogP contribution in [0, 0.1) is 5.92 Å². The van der Waals surface area contributed by atoms with Gasteiger partial charge < -0.3 is 15.0 Å². The largest absolute Gasteiger partial charge is 0.377 e. The second kappa shape index (κ2) is 7.52. The monoisotopic (exact) mass is 291 g/mol. The average Bonchev–Trinajstić information content (AvgIpc) is 2.46. The van der Waals surface area contributed by atoms with E-state index in [2.05, 4.69) is 22.1 Å². The number of carbonyl (C=O) groups excluding carboxylic acids is 1. The summed E-state index contributed by atoms with van der Waals surface area (Å²) in [6.45, 7) is 3.65. The highest BCUT2D eigenvalue weighted by Crippen LogP contribution is 2.24. The summed E-state index contributed by atoms with van der Waals surface area (Å²) in [5.74, 6) is 0.582. The average molecular weight is 291 g/mol. The highest BCUT2D eigenvalue weighted by atomic mass is 16.5. The van der Waals surface area contributed by atoms with Gasteiger partial charge in [-0.15, -0.1) is 0 Å². The normalized spacial score (nSPS) is 22.3. The van der Waals surface area contributed by atoms with E-state index in [9.17, 15) is 4.79 Å². The maximum atomic E-state index is 12.4. The van der Waals surface area contributed by atoms with E-state index < -0.39 is 0 Å². The van der Waals surface area contributed by atoms with Gasteiger partial charge in [0.15, 0.2) is 0 Å². The molecule has 1 fully saturated rings. The number of aromatic nitrogens is 1. The van der Waals surface area contributed by atoms with Crippen molar-refractivity contribution >= 4 is 11.7 Å². The minimum atomic E-state index is -0.0666. The van der Waals surface area contributed by atoms with Gasteiger partial charge in [-0.3, -0.25) is 4.79 Å². The van der Waals surface area contributed by atoms with Crippen LogP contribution in [0.1, 0.15) is 31.7 Å². The van der Waals surface area contributed by atoms with Crippen molar-refractivity contribution in [3.05, 3.63) is 23.9 Å². The van der Waals surface area contributed by atoms with Crippen LogP contribution in [0.3, 0.4) is 0 Å². The summed E-state index contributed by atoms with van der Waals surface area (Å²) >= 11 is 0. The Kier molecular flexibility index (Phi) is 5.70.